The quantitative estimate of drug-likeness (QED) is 0.811. The lowest BCUT2D eigenvalue weighted by Gasteiger charge is -2.02. The minimum Gasteiger partial charge on any atom is -0.480 e. The van der Waals surface area contributed by atoms with E-state index in [4.69, 9.17) is 9.84 Å². The molecule has 3 nitrogen and oxygen atoms in total. The van der Waals surface area contributed by atoms with Crippen molar-refractivity contribution in [2.45, 2.75) is 6.42 Å². The highest BCUT2D eigenvalue weighted by Gasteiger charge is 1.99. The van der Waals surface area contributed by atoms with Crippen molar-refractivity contribution in [3.05, 3.63) is 35.2 Å². The van der Waals surface area contributed by atoms with Gasteiger partial charge in [-0.1, -0.05) is 12.1 Å². The number of fused-ring (bicyclic) bond motifs is 1. The second-order valence-electron chi connectivity index (χ2n) is 3.49. The molecular weight excluding hydrogens is 224 g/mol. The molecular formula is C12H12O3S. The van der Waals surface area contributed by atoms with Gasteiger partial charge >= 0.3 is 5.97 Å². The van der Waals surface area contributed by atoms with Gasteiger partial charge in [-0.15, -0.1) is 11.3 Å². The number of rotatable bonds is 5. The highest BCUT2D eigenvalue weighted by atomic mass is 32.1. The lowest BCUT2D eigenvalue weighted by Crippen LogP contribution is -2.08. The fourth-order valence-corrected chi connectivity index (χ4v) is 2.29. The molecule has 0 bridgehead atoms. The maximum Gasteiger partial charge on any atom is 0.329 e. The van der Waals surface area contributed by atoms with Crippen molar-refractivity contribution >= 4 is 27.4 Å². The summed E-state index contributed by atoms with van der Waals surface area (Å²) in [4.78, 5) is 10.2. The SMILES string of the molecule is O=C(O)COCCc1ccc2sccc2c1. The Bertz CT molecular complexity index is 490. The highest BCUT2D eigenvalue weighted by molar-refractivity contribution is 7.17. The van der Waals surface area contributed by atoms with Gasteiger partial charge in [0.25, 0.3) is 0 Å². The minimum absolute atomic E-state index is 0.222. The number of ether oxygens (including phenoxy) is 1. The van der Waals surface area contributed by atoms with E-state index in [1.165, 1.54) is 15.6 Å². The first-order valence-electron chi connectivity index (χ1n) is 5.01. The summed E-state index contributed by atoms with van der Waals surface area (Å²) in [5.74, 6) is -0.923. The molecule has 0 aliphatic rings. The van der Waals surface area contributed by atoms with Crippen molar-refractivity contribution in [3.63, 3.8) is 0 Å². The van der Waals surface area contributed by atoms with Crippen LogP contribution in [0.4, 0.5) is 0 Å². The van der Waals surface area contributed by atoms with E-state index in [1.54, 1.807) is 11.3 Å². The smallest absolute Gasteiger partial charge is 0.329 e. The Hall–Kier alpha value is -1.39. The number of carboxylic acids is 1. The molecule has 0 saturated carbocycles. The van der Waals surface area contributed by atoms with Crippen LogP contribution in [0.5, 0.6) is 0 Å². The Morgan fingerprint density at radius 1 is 1.38 bits per heavy atom. The molecule has 1 heterocycles. The molecule has 0 radical (unpaired) electrons. The first-order valence-corrected chi connectivity index (χ1v) is 5.89. The Balaban J connectivity index is 1.91. The standard InChI is InChI=1S/C12H12O3S/c13-12(14)8-15-5-3-9-1-2-11-10(7-9)4-6-16-11/h1-2,4,6-7H,3,5,8H2,(H,13,14). The number of hydrogen-bond donors (Lipinski definition) is 1. The maximum absolute atomic E-state index is 10.2. The van der Waals surface area contributed by atoms with Crippen LogP contribution in [0, 0.1) is 0 Å². The van der Waals surface area contributed by atoms with Gasteiger partial charge in [0.05, 0.1) is 6.61 Å². The summed E-state index contributed by atoms with van der Waals surface area (Å²) in [6.07, 6.45) is 0.749. The molecule has 16 heavy (non-hydrogen) atoms. The van der Waals surface area contributed by atoms with Gasteiger partial charge in [-0.2, -0.15) is 0 Å². The van der Waals surface area contributed by atoms with Gasteiger partial charge in [0.15, 0.2) is 0 Å². The van der Waals surface area contributed by atoms with Crippen LogP contribution in [-0.4, -0.2) is 24.3 Å². The third-order valence-corrected chi connectivity index (χ3v) is 3.18. The number of hydrogen-bond acceptors (Lipinski definition) is 3. The van der Waals surface area contributed by atoms with E-state index < -0.39 is 5.97 Å². The van der Waals surface area contributed by atoms with Crippen molar-refractivity contribution in [2.75, 3.05) is 13.2 Å². The number of aliphatic carboxylic acids is 1. The first kappa shape index (κ1) is 11.1. The van der Waals surface area contributed by atoms with Gasteiger partial charge in [-0.25, -0.2) is 4.79 Å². The van der Waals surface area contributed by atoms with Crippen molar-refractivity contribution in [2.24, 2.45) is 0 Å². The van der Waals surface area contributed by atoms with Gasteiger partial charge < -0.3 is 9.84 Å². The third-order valence-electron chi connectivity index (χ3n) is 2.28. The van der Waals surface area contributed by atoms with Crippen LogP contribution in [0.3, 0.4) is 0 Å². The molecule has 0 amide bonds. The molecule has 2 rings (SSSR count). The average Bonchev–Trinajstić information content (AvgIpc) is 2.71. The second-order valence-corrected chi connectivity index (χ2v) is 4.44. The molecule has 0 spiro atoms. The zero-order chi connectivity index (χ0) is 11.4. The van der Waals surface area contributed by atoms with E-state index in [-0.39, 0.29) is 6.61 Å². The van der Waals surface area contributed by atoms with E-state index >= 15 is 0 Å². The Morgan fingerprint density at radius 2 is 2.25 bits per heavy atom. The van der Waals surface area contributed by atoms with E-state index in [9.17, 15) is 4.79 Å². The fourth-order valence-electron chi connectivity index (χ4n) is 1.52. The zero-order valence-electron chi connectivity index (χ0n) is 8.68. The van der Waals surface area contributed by atoms with E-state index in [0.29, 0.717) is 6.61 Å². The molecule has 0 aliphatic heterocycles. The summed E-state index contributed by atoms with van der Waals surface area (Å²) in [5, 5.41) is 11.7. The second kappa shape index (κ2) is 5.09. The van der Waals surface area contributed by atoms with Crippen LogP contribution in [0.2, 0.25) is 0 Å². The summed E-state index contributed by atoms with van der Waals surface area (Å²) in [6, 6.07) is 8.35. The van der Waals surface area contributed by atoms with Crippen LogP contribution >= 0.6 is 11.3 Å². The lowest BCUT2D eigenvalue weighted by atomic mass is 10.1. The number of carbonyl (C=O) groups is 1. The molecule has 0 atom stereocenters. The molecule has 1 aromatic carbocycles. The summed E-state index contributed by atoms with van der Waals surface area (Å²) in [7, 11) is 0. The largest absolute Gasteiger partial charge is 0.480 e. The van der Waals surface area contributed by atoms with Crippen molar-refractivity contribution in [3.8, 4) is 0 Å². The van der Waals surface area contributed by atoms with E-state index in [2.05, 4.69) is 29.6 Å². The fraction of sp³-hybridized carbons (Fsp3) is 0.250. The molecule has 0 aliphatic carbocycles. The summed E-state index contributed by atoms with van der Waals surface area (Å²) in [6.45, 7) is 0.225. The average molecular weight is 236 g/mol. The monoisotopic (exact) mass is 236 g/mol. The third kappa shape index (κ3) is 2.81. The summed E-state index contributed by atoms with van der Waals surface area (Å²) >= 11 is 1.72. The summed E-state index contributed by atoms with van der Waals surface area (Å²) in [5.41, 5.74) is 1.18. The predicted octanol–water partition coefficient (Wildman–Crippen LogP) is 2.55. The van der Waals surface area contributed by atoms with Crippen LogP contribution in [0.1, 0.15) is 5.56 Å². The van der Waals surface area contributed by atoms with Gasteiger partial charge in [0, 0.05) is 4.70 Å². The molecule has 1 aromatic heterocycles. The highest BCUT2D eigenvalue weighted by Crippen LogP contribution is 2.21. The molecule has 84 valence electrons. The normalized spacial score (nSPS) is 10.8. The van der Waals surface area contributed by atoms with Crippen molar-refractivity contribution in [1.82, 2.24) is 0 Å². The van der Waals surface area contributed by atoms with Gasteiger partial charge in [0.2, 0.25) is 0 Å². The molecule has 0 fully saturated rings. The molecule has 4 heteroatoms. The van der Waals surface area contributed by atoms with Crippen LogP contribution < -0.4 is 0 Å². The molecule has 2 aromatic rings. The van der Waals surface area contributed by atoms with Crippen LogP contribution in [0.15, 0.2) is 29.6 Å². The van der Waals surface area contributed by atoms with E-state index in [0.717, 1.165) is 6.42 Å². The Morgan fingerprint density at radius 3 is 3.06 bits per heavy atom. The summed E-state index contributed by atoms with van der Waals surface area (Å²) < 4.78 is 6.27. The lowest BCUT2D eigenvalue weighted by molar-refractivity contribution is -0.142. The van der Waals surface area contributed by atoms with Crippen molar-refractivity contribution < 1.29 is 14.6 Å². The van der Waals surface area contributed by atoms with Crippen LogP contribution in [0.25, 0.3) is 10.1 Å². The minimum atomic E-state index is -0.923. The van der Waals surface area contributed by atoms with Gasteiger partial charge in [0.1, 0.15) is 6.61 Å². The number of carboxylic acid groups (broad SMARTS) is 1. The van der Waals surface area contributed by atoms with Gasteiger partial charge in [-0.3, -0.25) is 0 Å². The van der Waals surface area contributed by atoms with Crippen molar-refractivity contribution in [1.29, 1.82) is 0 Å². The predicted molar refractivity (Wildman–Crippen MR) is 64.0 cm³/mol. The van der Waals surface area contributed by atoms with Gasteiger partial charge in [-0.05, 0) is 34.9 Å². The topological polar surface area (TPSA) is 46.5 Å². The zero-order valence-corrected chi connectivity index (χ0v) is 9.50. The first-order chi connectivity index (χ1) is 7.75. The molecule has 0 saturated heterocycles. The molecule has 1 N–H and O–H groups in total. The van der Waals surface area contributed by atoms with Crippen LogP contribution in [-0.2, 0) is 16.0 Å². The number of benzene rings is 1. The maximum atomic E-state index is 10.2. The van der Waals surface area contributed by atoms with E-state index in [1.807, 2.05) is 0 Å². The Labute approximate surface area is 97.3 Å². The molecule has 0 unspecified atom stereocenters. The Kier molecular flexibility index (Phi) is 3.54. The number of thiophene rings is 1.